The molecule has 3 fully saturated rings. The smallest absolute Gasteiger partial charge is 0.339 e. The zero-order valence-corrected chi connectivity index (χ0v) is 26.2. The summed E-state index contributed by atoms with van der Waals surface area (Å²) in [6, 6.07) is 4.53. The van der Waals surface area contributed by atoms with Gasteiger partial charge in [0.2, 0.25) is 5.91 Å². The maximum absolute atomic E-state index is 13.9. The first-order chi connectivity index (χ1) is 21.9. The van der Waals surface area contributed by atoms with Crippen LogP contribution in [0.25, 0.3) is 11.3 Å². The summed E-state index contributed by atoms with van der Waals surface area (Å²) in [5, 5.41) is 6.60. The second-order valence-electron chi connectivity index (χ2n) is 12.5. The van der Waals surface area contributed by atoms with Gasteiger partial charge in [-0.25, -0.2) is 4.98 Å². The van der Waals surface area contributed by atoms with Gasteiger partial charge in [0.1, 0.15) is 0 Å². The highest BCUT2D eigenvalue weighted by molar-refractivity contribution is 6.34. The average molecular weight is 661 g/mol. The number of nitrogens with zero attached hydrogens (tertiary/aromatic N) is 6. The van der Waals surface area contributed by atoms with E-state index in [-0.39, 0.29) is 57.1 Å². The quantitative estimate of drug-likeness (QED) is 0.386. The molecule has 2 atom stereocenters. The van der Waals surface area contributed by atoms with E-state index in [4.69, 9.17) is 17.3 Å². The standard InChI is InChI=1S/C31H36ClF3N8O3/c1-40-25(23-17-43(16-18-3-2-4-18)39-26(23)31(33,34)35)15-37-27(40)28(44)38-21-7-8-22(24(32)14-21)30(46)42-11-9-41(10-12-42)29(45)19-5-6-20(36)13-19/h7-8,14-15,17-20H,2-6,9-13,16,36H2,1H3,(H,38,44)/t19-,20+/m0/s1. The SMILES string of the molecule is Cn1c(-c2cn(CC3CCC3)nc2C(F)(F)F)cnc1C(=O)Nc1ccc(C(=O)N2CCN(C(=O)[C@H]3CC[C@@H](N)C3)CC2)c(Cl)c1. The lowest BCUT2D eigenvalue weighted by molar-refractivity contribution is -0.141. The molecule has 0 spiro atoms. The predicted molar refractivity (Wildman–Crippen MR) is 164 cm³/mol. The van der Waals surface area contributed by atoms with Gasteiger partial charge in [0.05, 0.1) is 28.0 Å². The summed E-state index contributed by atoms with van der Waals surface area (Å²) in [5.74, 6) is -0.716. The van der Waals surface area contributed by atoms with Crippen molar-refractivity contribution in [3.63, 3.8) is 0 Å². The van der Waals surface area contributed by atoms with Crippen molar-refractivity contribution in [3.05, 3.63) is 52.7 Å². The number of anilines is 1. The van der Waals surface area contributed by atoms with Crippen molar-refractivity contribution < 1.29 is 27.6 Å². The molecule has 246 valence electrons. The van der Waals surface area contributed by atoms with E-state index < -0.39 is 17.8 Å². The number of alkyl halides is 3. The highest BCUT2D eigenvalue weighted by Crippen LogP contribution is 2.37. The summed E-state index contributed by atoms with van der Waals surface area (Å²) in [5.41, 5.74) is 5.42. The number of aromatic nitrogens is 4. The molecule has 0 unspecified atom stereocenters. The van der Waals surface area contributed by atoms with Crippen LogP contribution >= 0.6 is 11.6 Å². The Balaban J connectivity index is 1.10. The third kappa shape index (κ3) is 6.50. The number of rotatable bonds is 7. The molecule has 3 N–H and O–H groups in total. The van der Waals surface area contributed by atoms with E-state index in [9.17, 15) is 27.6 Å². The van der Waals surface area contributed by atoms with Gasteiger partial charge >= 0.3 is 6.18 Å². The molecule has 46 heavy (non-hydrogen) atoms. The molecule has 15 heteroatoms. The number of nitrogens with one attached hydrogen (secondary N) is 1. The highest BCUT2D eigenvalue weighted by Gasteiger charge is 2.39. The number of carbonyl (C=O) groups excluding carboxylic acids is 3. The first-order valence-corrected chi connectivity index (χ1v) is 15.9. The van der Waals surface area contributed by atoms with Crippen LogP contribution in [-0.4, -0.2) is 79.1 Å². The number of imidazole rings is 1. The first kappa shape index (κ1) is 32.0. The normalized spacial score (nSPS) is 20.6. The minimum absolute atomic E-state index is 0.0511. The molecule has 1 aliphatic heterocycles. The predicted octanol–water partition coefficient (Wildman–Crippen LogP) is 4.42. The van der Waals surface area contributed by atoms with Crippen LogP contribution in [0.5, 0.6) is 0 Å². The fourth-order valence-electron chi connectivity index (χ4n) is 6.47. The Hall–Kier alpha value is -3.91. The van der Waals surface area contributed by atoms with Crippen LogP contribution in [-0.2, 0) is 24.6 Å². The van der Waals surface area contributed by atoms with Crippen molar-refractivity contribution >= 4 is 35.0 Å². The van der Waals surface area contributed by atoms with E-state index in [1.54, 1.807) is 9.80 Å². The van der Waals surface area contributed by atoms with Crippen molar-refractivity contribution in [1.82, 2.24) is 29.1 Å². The van der Waals surface area contributed by atoms with Gasteiger partial charge in [-0.1, -0.05) is 18.0 Å². The Morgan fingerprint density at radius 1 is 1.07 bits per heavy atom. The molecule has 1 saturated heterocycles. The summed E-state index contributed by atoms with van der Waals surface area (Å²) in [4.78, 5) is 46.8. The maximum Gasteiger partial charge on any atom is 0.435 e. The number of piperazine rings is 1. The van der Waals surface area contributed by atoms with E-state index in [0.29, 0.717) is 45.1 Å². The average Bonchev–Trinajstić information content (AvgIpc) is 3.72. The van der Waals surface area contributed by atoms with Crippen LogP contribution in [0, 0.1) is 11.8 Å². The molecule has 3 aliphatic rings. The van der Waals surface area contributed by atoms with Crippen molar-refractivity contribution in [2.75, 3.05) is 31.5 Å². The number of hydrogen-bond donors (Lipinski definition) is 2. The van der Waals surface area contributed by atoms with Crippen LogP contribution < -0.4 is 11.1 Å². The lowest BCUT2D eigenvalue weighted by Crippen LogP contribution is -2.51. The Kier molecular flexibility index (Phi) is 8.85. The second-order valence-corrected chi connectivity index (χ2v) is 12.9. The minimum Gasteiger partial charge on any atom is -0.339 e. The van der Waals surface area contributed by atoms with Gasteiger partial charge in [0.25, 0.3) is 11.8 Å². The van der Waals surface area contributed by atoms with E-state index in [0.717, 1.165) is 32.1 Å². The molecule has 2 saturated carbocycles. The summed E-state index contributed by atoms with van der Waals surface area (Å²) in [7, 11) is 1.46. The van der Waals surface area contributed by atoms with Gasteiger partial charge in [-0.2, -0.15) is 18.3 Å². The summed E-state index contributed by atoms with van der Waals surface area (Å²) in [6.45, 7) is 2.00. The summed E-state index contributed by atoms with van der Waals surface area (Å²) >= 11 is 6.47. The number of hydrogen-bond acceptors (Lipinski definition) is 6. The van der Waals surface area contributed by atoms with Crippen LogP contribution in [0.15, 0.2) is 30.6 Å². The number of carbonyl (C=O) groups is 3. The minimum atomic E-state index is -4.68. The Morgan fingerprint density at radius 3 is 2.39 bits per heavy atom. The van der Waals surface area contributed by atoms with E-state index in [1.807, 2.05) is 0 Å². The van der Waals surface area contributed by atoms with E-state index in [1.165, 1.54) is 46.9 Å². The van der Waals surface area contributed by atoms with Gasteiger partial charge in [-0.05, 0) is 56.2 Å². The molecular formula is C31H36ClF3N8O3. The van der Waals surface area contributed by atoms with Gasteiger partial charge in [0, 0.05) is 63.6 Å². The molecule has 1 aromatic carbocycles. The van der Waals surface area contributed by atoms with Crippen LogP contribution in [0.2, 0.25) is 5.02 Å². The molecule has 3 aromatic rings. The zero-order chi connectivity index (χ0) is 32.7. The fourth-order valence-corrected chi connectivity index (χ4v) is 6.74. The zero-order valence-electron chi connectivity index (χ0n) is 25.4. The van der Waals surface area contributed by atoms with Gasteiger partial charge in [-0.15, -0.1) is 0 Å². The molecule has 2 aliphatic carbocycles. The second kappa shape index (κ2) is 12.7. The van der Waals surface area contributed by atoms with Crippen LogP contribution in [0.3, 0.4) is 0 Å². The number of halogens is 4. The summed E-state index contributed by atoms with van der Waals surface area (Å²) in [6.07, 6.45) is 3.22. The topological polar surface area (TPSA) is 131 Å². The number of nitrogens with two attached hydrogens (primary N) is 1. The fraction of sp³-hybridized carbons (Fsp3) is 0.516. The third-order valence-electron chi connectivity index (χ3n) is 9.33. The molecule has 0 radical (unpaired) electrons. The molecule has 6 rings (SSSR count). The third-order valence-corrected chi connectivity index (χ3v) is 9.64. The van der Waals surface area contributed by atoms with Crippen molar-refractivity contribution in [1.29, 1.82) is 0 Å². The van der Waals surface area contributed by atoms with Crippen LogP contribution in [0.4, 0.5) is 18.9 Å². The number of benzene rings is 1. The van der Waals surface area contributed by atoms with Crippen molar-refractivity contribution in [2.45, 2.75) is 57.3 Å². The van der Waals surface area contributed by atoms with Crippen LogP contribution in [0.1, 0.15) is 65.2 Å². The Bertz CT molecular complexity index is 1640. The van der Waals surface area contributed by atoms with E-state index in [2.05, 4.69) is 15.4 Å². The molecular weight excluding hydrogens is 625 g/mol. The summed E-state index contributed by atoms with van der Waals surface area (Å²) < 4.78 is 44.3. The first-order valence-electron chi connectivity index (χ1n) is 15.5. The molecule has 0 bridgehead atoms. The Labute approximate surface area is 268 Å². The molecule has 2 aromatic heterocycles. The number of amides is 3. The van der Waals surface area contributed by atoms with Gasteiger partial charge in [0.15, 0.2) is 11.5 Å². The maximum atomic E-state index is 13.9. The molecule has 3 heterocycles. The molecule has 11 nitrogen and oxygen atoms in total. The lowest BCUT2D eigenvalue weighted by atomic mass is 9.85. The lowest BCUT2D eigenvalue weighted by Gasteiger charge is -2.36. The largest absolute Gasteiger partial charge is 0.435 e. The molecule has 3 amide bonds. The highest BCUT2D eigenvalue weighted by atomic mass is 35.5. The van der Waals surface area contributed by atoms with Gasteiger partial charge in [-0.3, -0.25) is 19.1 Å². The monoisotopic (exact) mass is 660 g/mol. The van der Waals surface area contributed by atoms with Gasteiger partial charge < -0.3 is 25.4 Å². The van der Waals surface area contributed by atoms with Crippen molar-refractivity contribution in [2.24, 2.45) is 24.6 Å². The Morgan fingerprint density at radius 2 is 1.78 bits per heavy atom. The van der Waals surface area contributed by atoms with Crippen molar-refractivity contribution in [3.8, 4) is 11.3 Å². The van der Waals surface area contributed by atoms with E-state index >= 15 is 0 Å².